The first kappa shape index (κ1) is 25.2. The fourth-order valence-corrected chi connectivity index (χ4v) is 5.17. The second-order valence-electron chi connectivity index (χ2n) is 8.63. The highest BCUT2D eigenvalue weighted by Gasteiger charge is 2.21. The van der Waals surface area contributed by atoms with Crippen LogP contribution in [0.5, 0.6) is 5.75 Å². The van der Waals surface area contributed by atoms with Crippen LogP contribution < -0.4 is 15.0 Å². The summed E-state index contributed by atoms with van der Waals surface area (Å²) in [5.74, 6) is 1.08. The van der Waals surface area contributed by atoms with Crippen LogP contribution in [0, 0.1) is 0 Å². The first-order valence-electron chi connectivity index (χ1n) is 12.0. The van der Waals surface area contributed by atoms with Gasteiger partial charge in [0.25, 0.3) is 5.91 Å². The second-order valence-corrected chi connectivity index (χ2v) is 9.42. The van der Waals surface area contributed by atoms with Gasteiger partial charge < -0.3 is 19.9 Å². The molecule has 1 aliphatic rings. The van der Waals surface area contributed by atoms with Gasteiger partial charge in [-0.25, -0.2) is 4.98 Å². The van der Waals surface area contributed by atoms with Crippen molar-refractivity contribution in [2.75, 3.05) is 50.1 Å². The van der Waals surface area contributed by atoms with E-state index in [4.69, 9.17) is 27.9 Å². The molecule has 0 saturated carbocycles. The molecule has 190 valence electrons. The van der Waals surface area contributed by atoms with Crippen molar-refractivity contribution in [3.05, 3.63) is 70.6 Å². The minimum absolute atomic E-state index is 0.314. The number of fused-ring (bicyclic) bond motifs is 1. The standard InChI is InChI=1S/C27H26Cl2N6O2/c1-3-34-12-14-35(15-13-34)22-9-4-17(16-32-22)33-27(36)19-6-5-18(25-26(19)31-11-10-30-25)23-20(28)7-8-21(37-2)24(23)29/h4-11,16H,3,12-15H2,1-2H3,(H,33,36). The summed E-state index contributed by atoms with van der Waals surface area (Å²) in [5.41, 5.74) is 3.14. The van der Waals surface area contributed by atoms with E-state index >= 15 is 0 Å². The Morgan fingerprint density at radius 1 is 0.973 bits per heavy atom. The van der Waals surface area contributed by atoms with E-state index in [1.54, 1.807) is 42.9 Å². The number of aromatic nitrogens is 3. The van der Waals surface area contributed by atoms with Crippen LogP contribution in [-0.4, -0.2) is 65.6 Å². The zero-order valence-corrected chi connectivity index (χ0v) is 22.1. The lowest BCUT2D eigenvalue weighted by Crippen LogP contribution is -2.46. The van der Waals surface area contributed by atoms with Crippen LogP contribution >= 0.6 is 23.2 Å². The summed E-state index contributed by atoms with van der Waals surface area (Å²) in [6.45, 7) is 7.15. The number of hydrogen-bond donors (Lipinski definition) is 1. The quantitative estimate of drug-likeness (QED) is 0.353. The number of carbonyl (C=O) groups excluding carboxylic acids is 1. The van der Waals surface area contributed by atoms with E-state index in [0.29, 0.717) is 49.2 Å². The van der Waals surface area contributed by atoms with Gasteiger partial charge in [-0.05, 0) is 36.9 Å². The molecular weight excluding hydrogens is 511 g/mol. The minimum atomic E-state index is -0.314. The van der Waals surface area contributed by atoms with Gasteiger partial charge in [-0.15, -0.1) is 0 Å². The third kappa shape index (κ3) is 5.05. The summed E-state index contributed by atoms with van der Waals surface area (Å²) in [6, 6.07) is 10.7. The Hall–Kier alpha value is -3.46. The summed E-state index contributed by atoms with van der Waals surface area (Å²) >= 11 is 13.1. The molecule has 0 spiro atoms. The van der Waals surface area contributed by atoms with Gasteiger partial charge in [-0.3, -0.25) is 14.8 Å². The Kier molecular flexibility index (Phi) is 7.41. The fourth-order valence-electron chi connectivity index (χ4n) is 4.52. The number of ether oxygens (including phenoxy) is 1. The zero-order valence-electron chi connectivity index (χ0n) is 20.5. The lowest BCUT2D eigenvalue weighted by molar-refractivity contribution is 0.102. The molecule has 1 saturated heterocycles. The Labute approximate surface area is 225 Å². The molecule has 1 aliphatic heterocycles. The van der Waals surface area contributed by atoms with E-state index in [-0.39, 0.29) is 5.91 Å². The maximum absolute atomic E-state index is 13.3. The van der Waals surface area contributed by atoms with Crippen molar-refractivity contribution in [2.24, 2.45) is 0 Å². The predicted molar refractivity (Wildman–Crippen MR) is 148 cm³/mol. The highest BCUT2D eigenvalue weighted by molar-refractivity contribution is 6.40. The normalized spacial score (nSPS) is 14.1. The molecule has 0 radical (unpaired) electrons. The largest absolute Gasteiger partial charge is 0.495 e. The van der Waals surface area contributed by atoms with Crippen molar-refractivity contribution in [1.82, 2.24) is 19.9 Å². The lowest BCUT2D eigenvalue weighted by atomic mass is 10.00. The van der Waals surface area contributed by atoms with Crippen molar-refractivity contribution in [3.63, 3.8) is 0 Å². The lowest BCUT2D eigenvalue weighted by Gasteiger charge is -2.34. The van der Waals surface area contributed by atoms with Gasteiger partial charge in [0.15, 0.2) is 0 Å². The van der Waals surface area contributed by atoms with Crippen LogP contribution in [0.3, 0.4) is 0 Å². The van der Waals surface area contributed by atoms with Crippen molar-refractivity contribution in [1.29, 1.82) is 0 Å². The molecule has 0 atom stereocenters. The fraction of sp³-hybridized carbons (Fsp3) is 0.259. The molecule has 0 unspecified atom stereocenters. The number of likely N-dealkylation sites (N-methyl/N-ethyl adjacent to an activating group) is 1. The molecule has 1 N–H and O–H groups in total. The van der Waals surface area contributed by atoms with Crippen molar-refractivity contribution in [2.45, 2.75) is 6.92 Å². The van der Waals surface area contributed by atoms with Crippen LogP contribution in [-0.2, 0) is 0 Å². The molecule has 4 aromatic rings. The molecule has 0 aliphatic carbocycles. The summed E-state index contributed by atoms with van der Waals surface area (Å²) < 4.78 is 5.36. The monoisotopic (exact) mass is 536 g/mol. The van der Waals surface area contributed by atoms with Gasteiger partial charge in [0.05, 0.1) is 40.1 Å². The number of nitrogens with zero attached hydrogens (tertiary/aromatic N) is 5. The molecule has 2 aromatic carbocycles. The van der Waals surface area contributed by atoms with Crippen molar-refractivity contribution < 1.29 is 9.53 Å². The van der Waals surface area contributed by atoms with E-state index in [1.807, 2.05) is 12.1 Å². The van der Waals surface area contributed by atoms with Crippen LogP contribution in [0.2, 0.25) is 10.0 Å². The van der Waals surface area contributed by atoms with Gasteiger partial charge in [-0.2, -0.15) is 0 Å². The third-order valence-corrected chi connectivity index (χ3v) is 7.25. The van der Waals surface area contributed by atoms with Crippen molar-refractivity contribution >= 4 is 51.6 Å². The summed E-state index contributed by atoms with van der Waals surface area (Å²) in [6.07, 6.45) is 4.79. The Morgan fingerprint density at radius 2 is 1.73 bits per heavy atom. The average molecular weight is 537 g/mol. The third-order valence-electron chi connectivity index (χ3n) is 6.56. The molecule has 10 heteroatoms. The highest BCUT2D eigenvalue weighted by Crippen LogP contribution is 2.42. The summed E-state index contributed by atoms with van der Waals surface area (Å²) in [7, 11) is 1.54. The number of rotatable bonds is 6. The SMILES string of the molecule is CCN1CCN(c2ccc(NC(=O)c3ccc(-c4c(Cl)ccc(OC)c4Cl)c4nccnc34)cn2)CC1. The van der Waals surface area contributed by atoms with Crippen LogP contribution in [0.1, 0.15) is 17.3 Å². The number of anilines is 2. The maximum Gasteiger partial charge on any atom is 0.257 e. The number of hydrogen-bond acceptors (Lipinski definition) is 7. The van der Waals surface area contributed by atoms with E-state index in [9.17, 15) is 4.79 Å². The number of piperazine rings is 1. The predicted octanol–water partition coefficient (Wildman–Crippen LogP) is 5.40. The number of halogens is 2. The molecule has 0 bridgehead atoms. The van der Waals surface area contributed by atoms with Gasteiger partial charge in [-0.1, -0.05) is 36.2 Å². The van der Waals surface area contributed by atoms with E-state index in [2.05, 4.69) is 37.0 Å². The molecule has 37 heavy (non-hydrogen) atoms. The number of nitrogens with one attached hydrogen (secondary N) is 1. The Bertz CT molecular complexity index is 1440. The summed E-state index contributed by atoms with van der Waals surface area (Å²) in [5, 5.41) is 3.73. The van der Waals surface area contributed by atoms with Crippen LogP contribution in [0.4, 0.5) is 11.5 Å². The number of pyridine rings is 1. The van der Waals surface area contributed by atoms with E-state index < -0.39 is 0 Å². The zero-order chi connectivity index (χ0) is 25.9. The van der Waals surface area contributed by atoms with Gasteiger partial charge >= 0.3 is 0 Å². The first-order chi connectivity index (χ1) is 18.0. The Morgan fingerprint density at radius 3 is 2.41 bits per heavy atom. The molecule has 2 aromatic heterocycles. The molecule has 1 amide bonds. The summed E-state index contributed by atoms with van der Waals surface area (Å²) in [4.78, 5) is 31.5. The highest BCUT2D eigenvalue weighted by atomic mass is 35.5. The average Bonchev–Trinajstić information content (AvgIpc) is 2.93. The van der Waals surface area contributed by atoms with Crippen LogP contribution in [0.15, 0.2) is 55.0 Å². The number of carbonyl (C=O) groups is 1. The van der Waals surface area contributed by atoms with E-state index in [1.165, 1.54) is 7.11 Å². The smallest absolute Gasteiger partial charge is 0.257 e. The van der Waals surface area contributed by atoms with Crippen molar-refractivity contribution in [3.8, 4) is 16.9 Å². The number of benzene rings is 2. The minimum Gasteiger partial charge on any atom is -0.495 e. The maximum atomic E-state index is 13.3. The topological polar surface area (TPSA) is 83.5 Å². The molecule has 3 heterocycles. The molecule has 1 fully saturated rings. The number of methoxy groups -OCH3 is 1. The molecule has 8 nitrogen and oxygen atoms in total. The van der Waals surface area contributed by atoms with Gasteiger partial charge in [0.2, 0.25) is 0 Å². The van der Waals surface area contributed by atoms with Gasteiger partial charge in [0.1, 0.15) is 17.1 Å². The van der Waals surface area contributed by atoms with Crippen LogP contribution in [0.25, 0.3) is 22.2 Å². The Balaban J connectivity index is 1.41. The first-order valence-corrected chi connectivity index (χ1v) is 12.8. The number of amides is 1. The van der Waals surface area contributed by atoms with E-state index in [0.717, 1.165) is 38.5 Å². The van der Waals surface area contributed by atoms with Gasteiger partial charge in [0, 0.05) is 49.7 Å². The second kappa shape index (κ2) is 10.9. The molecular formula is C27H26Cl2N6O2. The molecule has 5 rings (SSSR count).